The van der Waals surface area contributed by atoms with Crippen molar-refractivity contribution < 1.29 is 18.7 Å². The number of aliphatic carboxylic acids is 1. The lowest BCUT2D eigenvalue weighted by atomic mass is 9.72. The van der Waals surface area contributed by atoms with Gasteiger partial charge in [-0.3, -0.25) is 9.69 Å². The molecule has 3 aromatic rings. The number of thiazole rings is 1. The Morgan fingerprint density at radius 1 is 1.32 bits per heavy atom. The Kier molecular flexibility index (Phi) is 7.16. The van der Waals surface area contributed by atoms with Crippen LogP contribution < -0.4 is 5.32 Å². The Bertz CT molecular complexity index is 1210. The van der Waals surface area contributed by atoms with Crippen molar-refractivity contribution in [2.45, 2.75) is 45.7 Å². The number of likely N-dealkylation sites (tertiary alicyclic amines) is 1. The van der Waals surface area contributed by atoms with Gasteiger partial charge in [0.15, 0.2) is 5.13 Å². The Labute approximate surface area is 205 Å². The van der Waals surface area contributed by atoms with Crippen molar-refractivity contribution in [1.29, 1.82) is 0 Å². The zero-order chi connectivity index (χ0) is 24.5. The lowest BCUT2D eigenvalue weighted by Crippen LogP contribution is -2.50. The van der Waals surface area contributed by atoms with Crippen molar-refractivity contribution >= 4 is 39.9 Å². The number of nitrogens with one attached hydrogen (secondary N) is 1. The second-order valence-electron chi connectivity index (χ2n) is 8.79. The summed E-state index contributed by atoms with van der Waals surface area (Å²) < 4.78 is 29.1. The molecule has 2 aromatic heterocycles. The quantitative estimate of drug-likeness (QED) is 0.420. The molecule has 1 aromatic carbocycles. The second-order valence-corrected chi connectivity index (χ2v) is 10.1. The predicted molar refractivity (Wildman–Crippen MR) is 129 cm³/mol. The van der Waals surface area contributed by atoms with E-state index in [1.807, 2.05) is 24.1 Å². The van der Waals surface area contributed by atoms with Gasteiger partial charge in [0.1, 0.15) is 17.5 Å². The minimum atomic E-state index is -1.17. The highest BCUT2D eigenvalue weighted by Gasteiger charge is 2.45. The van der Waals surface area contributed by atoms with Gasteiger partial charge in [0.05, 0.1) is 21.8 Å². The second kappa shape index (κ2) is 9.93. The average molecular weight is 507 g/mol. The number of anilines is 2. The van der Waals surface area contributed by atoms with Gasteiger partial charge in [-0.2, -0.15) is 0 Å². The molecule has 1 fully saturated rings. The molecular weight excluding hydrogens is 482 g/mol. The minimum Gasteiger partial charge on any atom is -0.481 e. The number of hydrogen-bond acceptors (Lipinski definition) is 6. The molecule has 0 amide bonds. The minimum absolute atomic E-state index is 0.0374. The molecule has 0 saturated carbocycles. The zero-order valence-electron chi connectivity index (χ0n) is 18.8. The highest BCUT2D eigenvalue weighted by molar-refractivity contribution is 7.13. The number of aromatic nitrogens is 2. The number of piperidine rings is 1. The van der Waals surface area contributed by atoms with Gasteiger partial charge in [-0.25, -0.2) is 18.7 Å². The van der Waals surface area contributed by atoms with Crippen LogP contribution in [0.1, 0.15) is 36.7 Å². The standard InChI is InChI=1S/C24H25ClF2N4O2S/c1-14-13-34-23(28-14)30-20-7-6-18(26)19(29-20)11-24(22(32)33)8-9-31(15(2)10-24)12-16-4-3-5-17(25)21(16)27/h3-7,13,15H,8-12H2,1-2H3,(H,32,33)(H,28,29,30). The van der Waals surface area contributed by atoms with Gasteiger partial charge in [0.25, 0.3) is 0 Å². The smallest absolute Gasteiger partial charge is 0.310 e. The molecule has 6 nitrogen and oxygen atoms in total. The van der Waals surface area contributed by atoms with Crippen LogP contribution in [0.3, 0.4) is 0 Å². The van der Waals surface area contributed by atoms with Gasteiger partial charge in [-0.15, -0.1) is 11.3 Å². The van der Waals surface area contributed by atoms with Gasteiger partial charge < -0.3 is 10.4 Å². The summed E-state index contributed by atoms with van der Waals surface area (Å²) in [6, 6.07) is 7.50. The van der Waals surface area contributed by atoms with Crippen LogP contribution in [0.2, 0.25) is 5.02 Å². The number of halogens is 3. The van der Waals surface area contributed by atoms with E-state index >= 15 is 0 Å². The number of carboxylic acid groups (broad SMARTS) is 1. The van der Waals surface area contributed by atoms with Crippen LogP contribution in [-0.4, -0.2) is 38.5 Å². The van der Waals surface area contributed by atoms with E-state index in [1.165, 1.54) is 29.5 Å². The van der Waals surface area contributed by atoms with Crippen molar-refractivity contribution in [2.75, 3.05) is 11.9 Å². The van der Waals surface area contributed by atoms with Crippen LogP contribution in [0.15, 0.2) is 35.7 Å². The Morgan fingerprint density at radius 2 is 2.12 bits per heavy atom. The Hall–Kier alpha value is -2.62. The maximum Gasteiger partial charge on any atom is 0.310 e. The summed E-state index contributed by atoms with van der Waals surface area (Å²) in [7, 11) is 0. The number of carboxylic acids is 1. The molecule has 180 valence electrons. The van der Waals surface area contributed by atoms with Crippen molar-refractivity contribution in [3.8, 4) is 0 Å². The molecule has 0 radical (unpaired) electrons. The monoisotopic (exact) mass is 506 g/mol. The van der Waals surface area contributed by atoms with E-state index in [4.69, 9.17) is 11.6 Å². The highest BCUT2D eigenvalue weighted by atomic mass is 35.5. The summed E-state index contributed by atoms with van der Waals surface area (Å²) in [6.07, 6.45) is 0.540. The lowest BCUT2D eigenvalue weighted by Gasteiger charge is -2.43. The summed E-state index contributed by atoms with van der Waals surface area (Å²) in [5, 5.41) is 15.8. The lowest BCUT2D eigenvalue weighted by molar-refractivity contribution is -0.153. The molecule has 0 aliphatic carbocycles. The molecule has 34 heavy (non-hydrogen) atoms. The van der Waals surface area contributed by atoms with Crippen LogP contribution in [0, 0.1) is 24.0 Å². The largest absolute Gasteiger partial charge is 0.481 e. The van der Waals surface area contributed by atoms with E-state index < -0.39 is 23.0 Å². The number of carbonyl (C=O) groups is 1. The zero-order valence-corrected chi connectivity index (χ0v) is 20.4. The van der Waals surface area contributed by atoms with E-state index in [-0.39, 0.29) is 29.6 Å². The predicted octanol–water partition coefficient (Wildman–Crippen LogP) is 5.82. The first-order chi connectivity index (χ1) is 16.2. The van der Waals surface area contributed by atoms with E-state index in [9.17, 15) is 18.7 Å². The third-order valence-corrected chi connectivity index (χ3v) is 7.49. The van der Waals surface area contributed by atoms with Crippen molar-refractivity contribution in [3.05, 3.63) is 69.3 Å². The molecule has 2 N–H and O–H groups in total. The maximum absolute atomic E-state index is 14.7. The number of aryl methyl sites for hydroxylation is 1. The average Bonchev–Trinajstić information content (AvgIpc) is 3.20. The Balaban J connectivity index is 1.52. The van der Waals surface area contributed by atoms with E-state index in [2.05, 4.69) is 15.3 Å². The molecule has 0 spiro atoms. The van der Waals surface area contributed by atoms with Crippen LogP contribution in [0.4, 0.5) is 19.7 Å². The summed E-state index contributed by atoms with van der Waals surface area (Å²) >= 11 is 7.31. The number of nitrogens with zero attached hydrogens (tertiary/aromatic N) is 3. The Morgan fingerprint density at radius 3 is 2.79 bits per heavy atom. The number of rotatable bonds is 7. The fraction of sp³-hybridized carbons (Fsp3) is 0.375. The van der Waals surface area contributed by atoms with Crippen LogP contribution in [0.5, 0.6) is 0 Å². The highest BCUT2D eigenvalue weighted by Crippen LogP contribution is 2.39. The van der Waals surface area contributed by atoms with Crippen LogP contribution in [0.25, 0.3) is 0 Å². The first-order valence-electron chi connectivity index (χ1n) is 10.9. The molecule has 2 unspecified atom stereocenters. The number of hydrogen-bond donors (Lipinski definition) is 2. The number of benzene rings is 1. The van der Waals surface area contributed by atoms with Crippen molar-refractivity contribution in [1.82, 2.24) is 14.9 Å². The molecule has 1 saturated heterocycles. The van der Waals surface area contributed by atoms with E-state index in [1.54, 1.807) is 12.1 Å². The molecular formula is C24H25ClF2N4O2S. The van der Waals surface area contributed by atoms with Gasteiger partial charge in [-0.05, 0) is 51.4 Å². The molecule has 2 atom stereocenters. The van der Waals surface area contributed by atoms with Gasteiger partial charge in [0, 0.05) is 30.0 Å². The van der Waals surface area contributed by atoms with Gasteiger partial charge in [0.2, 0.25) is 0 Å². The first-order valence-corrected chi connectivity index (χ1v) is 12.2. The maximum atomic E-state index is 14.7. The summed E-state index contributed by atoms with van der Waals surface area (Å²) in [5.41, 5.74) is 0.249. The van der Waals surface area contributed by atoms with Gasteiger partial charge >= 0.3 is 5.97 Å². The summed E-state index contributed by atoms with van der Waals surface area (Å²) in [4.78, 5) is 23.1. The van der Waals surface area contributed by atoms with Crippen LogP contribution in [-0.2, 0) is 17.8 Å². The molecule has 1 aliphatic rings. The third-order valence-electron chi connectivity index (χ3n) is 6.32. The summed E-state index contributed by atoms with van der Waals surface area (Å²) in [6.45, 7) is 4.53. The molecule has 3 heterocycles. The molecule has 1 aliphatic heterocycles. The van der Waals surface area contributed by atoms with Crippen molar-refractivity contribution in [3.63, 3.8) is 0 Å². The topological polar surface area (TPSA) is 78.4 Å². The normalized spacial score (nSPS) is 20.9. The number of pyridine rings is 1. The van der Waals surface area contributed by atoms with Gasteiger partial charge in [-0.1, -0.05) is 23.7 Å². The fourth-order valence-corrected chi connectivity index (χ4v) is 5.34. The molecule has 10 heteroatoms. The summed E-state index contributed by atoms with van der Waals surface area (Å²) in [5.74, 6) is -1.58. The van der Waals surface area contributed by atoms with Crippen LogP contribution >= 0.6 is 22.9 Å². The first kappa shape index (κ1) is 24.5. The van der Waals surface area contributed by atoms with E-state index in [0.717, 1.165) is 5.69 Å². The third kappa shape index (κ3) is 5.21. The van der Waals surface area contributed by atoms with Crippen molar-refractivity contribution in [2.24, 2.45) is 5.41 Å². The SMILES string of the molecule is Cc1csc(Nc2ccc(F)c(CC3(C(=O)O)CCN(Cc4cccc(Cl)c4F)C(C)C3)n2)n1. The van der Waals surface area contributed by atoms with E-state index in [0.29, 0.717) is 36.0 Å². The molecule has 0 bridgehead atoms. The fourth-order valence-electron chi connectivity index (χ4n) is 4.45. The molecule has 4 rings (SSSR count).